The van der Waals surface area contributed by atoms with Crippen molar-refractivity contribution >= 4 is 5.91 Å². The smallest absolute Gasteiger partial charge is 0.225 e. The topological polar surface area (TPSA) is 64.6 Å². The molecule has 1 aromatic heterocycles. The third-order valence-corrected chi connectivity index (χ3v) is 6.39. The van der Waals surface area contributed by atoms with Crippen LogP contribution in [0.15, 0.2) is 54.6 Å². The molecule has 2 fully saturated rings. The van der Waals surface area contributed by atoms with Gasteiger partial charge in [0, 0.05) is 42.2 Å². The predicted molar refractivity (Wildman–Crippen MR) is 127 cm³/mol. The number of aromatic nitrogens is 2. The molecule has 6 nitrogen and oxygen atoms in total. The summed E-state index contributed by atoms with van der Waals surface area (Å²) < 4.78 is 11.3. The van der Waals surface area contributed by atoms with Crippen molar-refractivity contribution in [3.8, 4) is 34.1 Å². The minimum atomic E-state index is 0.285. The maximum Gasteiger partial charge on any atom is 0.225 e. The van der Waals surface area contributed by atoms with E-state index in [1.165, 1.54) is 0 Å². The van der Waals surface area contributed by atoms with Gasteiger partial charge in [0.2, 0.25) is 11.8 Å². The van der Waals surface area contributed by atoms with Crippen molar-refractivity contribution in [2.45, 2.75) is 26.2 Å². The van der Waals surface area contributed by atoms with E-state index in [1.807, 2.05) is 54.3 Å². The van der Waals surface area contributed by atoms with E-state index in [0.717, 1.165) is 60.5 Å². The average molecular weight is 444 g/mol. The molecule has 1 saturated carbocycles. The summed E-state index contributed by atoms with van der Waals surface area (Å²) in [5, 5.41) is 0. The Morgan fingerprint density at radius 1 is 0.970 bits per heavy atom. The summed E-state index contributed by atoms with van der Waals surface area (Å²) >= 11 is 0. The number of methoxy groups -OCH3 is 1. The average Bonchev–Trinajstić information content (AvgIpc) is 3.59. The number of carbonyl (C=O) groups is 1. The molecule has 33 heavy (non-hydrogen) atoms. The van der Waals surface area contributed by atoms with E-state index in [1.54, 1.807) is 7.11 Å². The Kier molecular flexibility index (Phi) is 5.99. The van der Waals surface area contributed by atoms with E-state index in [-0.39, 0.29) is 5.92 Å². The molecular weight excluding hydrogens is 414 g/mol. The zero-order valence-electron chi connectivity index (χ0n) is 19.2. The van der Waals surface area contributed by atoms with Crippen molar-refractivity contribution in [2.75, 3.05) is 26.8 Å². The number of carbonyl (C=O) groups excluding carboxylic acids is 1. The molecular formula is C27H29N3O3. The molecule has 1 aliphatic carbocycles. The van der Waals surface area contributed by atoms with Gasteiger partial charge in [-0.25, -0.2) is 4.98 Å². The highest BCUT2D eigenvalue weighted by Gasteiger charge is 2.36. The molecule has 2 aliphatic rings. The van der Waals surface area contributed by atoms with Gasteiger partial charge in [0.1, 0.15) is 5.75 Å². The Hall–Kier alpha value is -3.41. The lowest BCUT2D eigenvalue weighted by atomic mass is 10.0. The molecule has 0 unspecified atom stereocenters. The second-order valence-electron chi connectivity index (χ2n) is 9.00. The van der Waals surface area contributed by atoms with Gasteiger partial charge < -0.3 is 14.4 Å². The Bertz CT molecular complexity index is 1120. The first-order valence-corrected chi connectivity index (χ1v) is 11.6. The third kappa shape index (κ3) is 5.00. The minimum Gasteiger partial charge on any atom is -0.497 e. The molecule has 0 bridgehead atoms. The summed E-state index contributed by atoms with van der Waals surface area (Å²) in [6, 6.07) is 18.1. The molecule has 3 aromatic rings. The number of hydrogen-bond donors (Lipinski definition) is 0. The summed E-state index contributed by atoms with van der Waals surface area (Å²) in [6.45, 7) is 4.16. The van der Waals surface area contributed by atoms with E-state index in [9.17, 15) is 4.79 Å². The molecule has 2 aromatic carbocycles. The Balaban J connectivity index is 1.24. The van der Waals surface area contributed by atoms with Crippen molar-refractivity contribution in [2.24, 2.45) is 11.8 Å². The van der Waals surface area contributed by atoms with Crippen LogP contribution < -0.4 is 9.47 Å². The molecule has 1 atom stereocenters. The SMILES string of the molecule is COc1ccc(-c2ccc(-c3nc(C)cc(OC[C@@H]4CCN(C(=O)C5CC5)C4)n3)cc2)cc1. The number of rotatable bonds is 7. The second kappa shape index (κ2) is 9.22. The quantitative estimate of drug-likeness (QED) is 0.527. The van der Waals surface area contributed by atoms with Gasteiger partial charge >= 0.3 is 0 Å². The summed E-state index contributed by atoms with van der Waals surface area (Å²) in [4.78, 5) is 23.5. The molecule has 1 aliphatic heterocycles. The lowest BCUT2D eigenvalue weighted by Gasteiger charge is -2.16. The fraction of sp³-hybridized carbons (Fsp3) is 0.370. The van der Waals surface area contributed by atoms with Crippen LogP contribution in [0.1, 0.15) is 25.0 Å². The van der Waals surface area contributed by atoms with Gasteiger partial charge in [0.15, 0.2) is 5.82 Å². The zero-order valence-corrected chi connectivity index (χ0v) is 19.2. The maximum atomic E-state index is 12.3. The molecule has 0 radical (unpaired) electrons. The molecule has 0 spiro atoms. The number of aryl methyl sites for hydroxylation is 1. The minimum absolute atomic E-state index is 0.285. The number of benzene rings is 2. The second-order valence-corrected chi connectivity index (χ2v) is 9.00. The van der Waals surface area contributed by atoms with Crippen LogP contribution in [-0.4, -0.2) is 47.6 Å². The summed E-state index contributed by atoms with van der Waals surface area (Å²) in [5.41, 5.74) is 4.06. The molecule has 1 amide bonds. The van der Waals surface area contributed by atoms with Crippen LogP contribution in [0.25, 0.3) is 22.5 Å². The van der Waals surface area contributed by atoms with Crippen molar-refractivity contribution in [3.05, 3.63) is 60.3 Å². The van der Waals surface area contributed by atoms with Gasteiger partial charge in [-0.15, -0.1) is 0 Å². The van der Waals surface area contributed by atoms with Gasteiger partial charge in [-0.05, 0) is 49.4 Å². The van der Waals surface area contributed by atoms with Crippen LogP contribution in [0.4, 0.5) is 0 Å². The first kappa shape index (κ1) is 21.4. The Morgan fingerprint density at radius 2 is 1.64 bits per heavy atom. The fourth-order valence-electron chi connectivity index (χ4n) is 4.30. The summed E-state index contributed by atoms with van der Waals surface area (Å²) in [6.07, 6.45) is 3.10. The number of amides is 1. The van der Waals surface area contributed by atoms with Crippen LogP contribution in [0, 0.1) is 18.8 Å². The van der Waals surface area contributed by atoms with E-state index < -0.39 is 0 Å². The summed E-state index contributed by atoms with van der Waals surface area (Å²) in [5.74, 6) is 3.06. The van der Waals surface area contributed by atoms with Crippen LogP contribution in [0.2, 0.25) is 0 Å². The Labute approximate surface area is 194 Å². The van der Waals surface area contributed by atoms with E-state index >= 15 is 0 Å². The predicted octanol–water partition coefficient (Wildman–Crippen LogP) is 4.76. The first-order valence-electron chi connectivity index (χ1n) is 11.6. The molecule has 170 valence electrons. The number of likely N-dealkylation sites (tertiary alicyclic amines) is 1. The monoisotopic (exact) mass is 443 g/mol. The molecule has 1 saturated heterocycles. The van der Waals surface area contributed by atoms with Crippen molar-refractivity contribution in [1.29, 1.82) is 0 Å². The third-order valence-electron chi connectivity index (χ3n) is 6.39. The molecule has 6 heteroatoms. The summed E-state index contributed by atoms with van der Waals surface area (Å²) in [7, 11) is 1.67. The van der Waals surface area contributed by atoms with E-state index in [4.69, 9.17) is 9.47 Å². The lowest BCUT2D eigenvalue weighted by molar-refractivity contribution is -0.131. The number of ether oxygens (including phenoxy) is 2. The van der Waals surface area contributed by atoms with Gasteiger partial charge in [-0.1, -0.05) is 36.4 Å². The lowest BCUT2D eigenvalue weighted by Crippen LogP contribution is -2.30. The van der Waals surface area contributed by atoms with Crippen LogP contribution in [-0.2, 0) is 4.79 Å². The molecule has 0 N–H and O–H groups in total. The highest BCUT2D eigenvalue weighted by Crippen LogP contribution is 2.33. The zero-order chi connectivity index (χ0) is 22.8. The van der Waals surface area contributed by atoms with Crippen molar-refractivity contribution < 1.29 is 14.3 Å². The van der Waals surface area contributed by atoms with Gasteiger partial charge in [0.05, 0.1) is 13.7 Å². The first-order chi connectivity index (χ1) is 16.1. The number of nitrogens with zero attached hydrogens (tertiary/aromatic N) is 3. The maximum absolute atomic E-state index is 12.3. The van der Waals surface area contributed by atoms with Crippen LogP contribution in [0.5, 0.6) is 11.6 Å². The normalized spacial score (nSPS) is 17.8. The van der Waals surface area contributed by atoms with Crippen LogP contribution >= 0.6 is 0 Å². The van der Waals surface area contributed by atoms with Gasteiger partial charge in [0.25, 0.3) is 0 Å². The largest absolute Gasteiger partial charge is 0.497 e. The highest BCUT2D eigenvalue weighted by molar-refractivity contribution is 5.81. The number of hydrogen-bond acceptors (Lipinski definition) is 5. The van der Waals surface area contributed by atoms with Gasteiger partial charge in [-0.2, -0.15) is 4.98 Å². The van der Waals surface area contributed by atoms with E-state index in [0.29, 0.717) is 30.1 Å². The van der Waals surface area contributed by atoms with Crippen LogP contribution in [0.3, 0.4) is 0 Å². The standard InChI is InChI=1S/C27H29N3O3/c1-18-15-25(33-17-19-13-14-30(16-19)27(31)23-7-8-23)29-26(28-18)22-5-3-20(4-6-22)21-9-11-24(32-2)12-10-21/h3-6,9-12,15,19,23H,7-8,13-14,16-17H2,1-2H3/t19-/m1/s1. The Morgan fingerprint density at radius 3 is 2.30 bits per heavy atom. The van der Waals surface area contributed by atoms with Gasteiger partial charge in [-0.3, -0.25) is 4.79 Å². The van der Waals surface area contributed by atoms with E-state index in [2.05, 4.69) is 22.1 Å². The highest BCUT2D eigenvalue weighted by atomic mass is 16.5. The fourth-order valence-corrected chi connectivity index (χ4v) is 4.30. The molecule has 5 rings (SSSR count). The van der Waals surface area contributed by atoms with Crippen molar-refractivity contribution in [3.63, 3.8) is 0 Å². The molecule has 2 heterocycles. The van der Waals surface area contributed by atoms with Crippen molar-refractivity contribution in [1.82, 2.24) is 14.9 Å².